The van der Waals surface area contributed by atoms with Gasteiger partial charge in [-0.15, -0.1) is 0 Å². The van der Waals surface area contributed by atoms with E-state index in [1.165, 1.54) is 0 Å². The number of aromatic nitrogens is 2. The highest BCUT2D eigenvalue weighted by Gasteiger charge is 2.36. The molecule has 2 aromatic rings. The minimum atomic E-state index is -0.568. The molecule has 2 amide bonds. The van der Waals surface area contributed by atoms with E-state index >= 15 is 0 Å². The molecule has 0 radical (unpaired) electrons. The molecule has 0 bridgehead atoms. The van der Waals surface area contributed by atoms with Crippen LogP contribution in [-0.2, 0) is 16.0 Å². The minimum absolute atomic E-state index is 0.0740. The molecule has 0 N–H and O–H groups in total. The number of amides is 2. The summed E-state index contributed by atoms with van der Waals surface area (Å²) in [7, 11) is 1.68. The van der Waals surface area contributed by atoms with Gasteiger partial charge in [-0.3, -0.25) is 4.79 Å². The Balaban J connectivity index is 1.92. The first-order valence-corrected chi connectivity index (χ1v) is 12.8. The maximum atomic E-state index is 14.1. The van der Waals surface area contributed by atoms with Crippen molar-refractivity contribution in [1.29, 1.82) is 0 Å². The van der Waals surface area contributed by atoms with Crippen LogP contribution in [0.5, 0.6) is 0 Å². The van der Waals surface area contributed by atoms with Gasteiger partial charge in [0, 0.05) is 51.0 Å². The van der Waals surface area contributed by atoms with Gasteiger partial charge >= 0.3 is 6.09 Å². The van der Waals surface area contributed by atoms with Gasteiger partial charge in [0.15, 0.2) is 0 Å². The van der Waals surface area contributed by atoms with E-state index in [1.54, 1.807) is 18.2 Å². The molecule has 0 saturated carbocycles. The molecule has 8 nitrogen and oxygen atoms in total. The third-order valence-corrected chi connectivity index (χ3v) is 6.55. The number of carbonyl (C=O) groups excluding carboxylic acids is 2. The molecule has 2 aromatic heterocycles. The number of rotatable bonds is 8. The van der Waals surface area contributed by atoms with Crippen molar-refractivity contribution in [3.05, 3.63) is 29.0 Å². The first kappa shape index (κ1) is 27.3. The van der Waals surface area contributed by atoms with Crippen LogP contribution in [0, 0.1) is 0 Å². The first-order chi connectivity index (χ1) is 16.5. The molecule has 3 rings (SSSR count). The highest BCUT2D eigenvalue weighted by atomic mass is 35.5. The highest BCUT2D eigenvalue weighted by molar-refractivity contribution is 6.38. The zero-order chi connectivity index (χ0) is 25.8. The SMILES string of the molecule is COCCCCn1c(C(=O)N(C(C)C)[C@@H]2CCCN(C(=O)OC(C)(C)C)C2)c(Cl)c2cccnc21. The maximum Gasteiger partial charge on any atom is 0.410 e. The molecule has 1 aliphatic heterocycles. The lowest BCUT2D eigenvalue weighted by atomic mass is 10.0. The van der Waals surface area contributed by atoms with Gasteiger partial charge in [-0.1, -0.05) is 11.6 Å². The number of piperidine rings is 1. The Hall–Kier alpha value is -2.32. The van der Waals surface area contributed by atoms with Crippen LogP contribution in [0.1, 0.15) is 70.8 Å². The van der Waals surface area contributed by atoms with Crippen LogP contribution >= 0.6 is 11.6 Å². The van der Waals surface area contributed by atoms with Gasteiger partial charge in [-0.25, -0.2) is 9.78 Å². The summed E-state index contributed by atoms with van der Waals surface area (Å²) in [4.78, 5) is 35.0. The summed E-state index contributed by atoms with van der Waals surface area (Å²) >= 11 is 6.82. The number of aryl methyl sites for hydroxylation is 1. The number of hydrogen-bond acceptors (Lipinski definition) is 5. The zero-order valence-corrected chi connectivity index (χ0v) is 22.6. The number of unbranched alkanes of at least 4 members (excludes halogenated alkanes) is 1. The van der Waals surface area contributed by atoms with Crippen LogP contribution in [0.25, 0.3) is 11.0 Å². The Kier molecular flexibility index (Phi) is 9.05. The predicted molar refractivity (Wildman–Crippen MR) is 138 cm³/mol. The van der Waals surface area contributed by atoms with Crippen LogP contribution in [0.15, 0.2) is 18.3 Å². The van der Waals surface area contributed by atoms with E-state index in [1.807, 2.05) is 56.2 Å². The summed E-state index contributed by atoms with van der Waals surface area (Å²) < 4.78 is 12.7. The summed E-state index contributed by atoms with van der Waals surface area (Å²) in [5.41, 5.74) is 0.601. The average Bonchev–Trinajstić information content (AvgIpc) is 3.07. The zero-order valence-electron chi connectivity index (χ0n) is 21.8. The first-order valence-electron chi connectivity index (χ1n) is 12.5. The molecule has 35 heavy (non-hydrogen) atoms. The molecule has 3 heterocycles. The average molecular weight is 507 g/mol. The van der Waals surface area contributed by atoms with Gasteiger partial charge in [0.05, 0.1) is 11.1 Å². The number of hydrogen-bond donors (Lipinski definition) is 0. The van der Waals surface area contributed by atoms with Crippen molar-refractivity contribution in [3.8, 4) is 0 Å². The van der Waals surface area contributed by atoms with Gasteiger partial charge in [-0.05, 0) is 72.4 Å². The van der Waals surface area contributed by atoms with Crippen LogP contribution in [-0.4, -0.2) is 75.8 Å². The predicted octanol–water partition coefficient (Wildman–Crippen LogP) is 5.37. The fourth-order valence-corrected chi connectivity index (χ4v) is 5.03. The number of likely N-dealkylation sites (tertiary alicyclic amines) is 1. The summed E-state index contributed by atoms with van der Waals surface area (Å²) in [5.74, 6) is -0.134. The van der Waals surface area contributed by atoms with Gasteiger partial charge in [0.1, 0.15) is 16.9 Å². The lowest BCUT2D eigenvalue weighted by Crippen LogP contribution is -2.54. The molecule has 1 aliphatic rings. The quantitative estimate of drug-likeness (QED) is 0.450. The molecule has 0 aromatic carbocycles. The Morgan fingerprint density at radius 1 is 1.29 bits per heavy atom. The van der Waals surface area contributed by atoms with Gasteiger partial charge < -0.3 is 23.8 Å². The molecule has 0 unspecified atom stereocenters. The molecular formula is C26H39ClN4O4. The smallest absolute Gasteiger partial charge is 0.410 e. The Morgan fingerprint density at radius 3 is 2.69 bits per heavy atom. The molecule has 0 spiro atoms. The van der Waals surface area contributed by atoms with Crippen molar-refractivity contribution in [2.24, 2.45) is 0 Å². The molecule has 194 valence electrons. The van der Waals surface area contributed by atoms with Crippen molar-refractivity contribution in [3.63, 3.8) is 0 Å². The van der Waals surface area contributed by atoms with E-state index in [9.17, 15) is 9.59 Å². The van der Waals surface area contributed by atoms with Crippen molar-refractivity contribution in [2.75, 3.05) is 26.8 Å². The minimum Gasteiger partial charge on any atom is -0.444 e. The second-order valence-corrected chi connectivity index (χ2v) is 10.8. The topological polar surface area (TPSA) is 76.9 Å². The number of fused-ring (bicyclic) bond motifs is 1. The summed E-state index contributed by atoms with van der Waals surface area (Å²) in [6.07, 6.45) is 4.70. The number of ether oxygens (including phenoxy) is 2. The van der Waals surface area contributed by atoms with Gasteiger partial charge in [0.25, 0.3) is 5.91 Å². The summed E-state index contributed by atoms with van der Waals surface area (Å²) in [6.45, 7) is 11.9. The van der Waals surface area contributed by atoms with Crippen molar-refractivity contribution >= 4 is 34.6 Å². The van der Waals surface area contributed by atoms with Crippen molar-refractivity contribution in [2.45, 2.75) is 84.5 Å². The highest BCUT2D eigenvalue weighted by Crippen LogP contribution is 2.32. The standard InChI is InChI=1S/C26H39ClN4O4/c1-18(2)31(19-11-10-14-29(17-19)25(33)35-26(3,4)5)24(32)22-21(27)20-12-9-13-28-23(20)30(22)15-7-8-16-34-6/h9,12-13,18-19H,7-8,10-11,14-17H2,1-6H3/t19-/m1/s1. The van der Waals surface area contributed by atoms with E-state index in [4.69, 9.17) is 21.1 Å². The Morgan fingerprint density at radius 2 is 2.03 bits per heavy atom. The number of nitrogens with zero attached hydrogens (tertiary/aromatic N) is 4. The van der Waals surface area contributed by atoms with Crippen LogP contribution in [0.4, 0.5) is 4.79 Å². The summed E-state index contributed by atoms with van der Waals surface area (Å²) in [5, 5.41) is 1.20. The third kappa shape index (κ3) is 6.47. The lowest BCUT2D eigenvalue weighted by Gasteiger charge is -2.41. The van der Waals surface area contributed by atoms with Gasteiger partial charge in [0.2, 0.25) is 0 Å². The third-order valence-electron chi connectivity index (χ3n) is 6.17. The largest absolute Gasteiger partial charge is 0.444 e. The van der Waals surface area contributed by atoms with Crippen molar-refractivity contribution < 1.29 is 19.1 Å². The lowest BCUT2D eigenvalue weighted by molar-refractivity contribution is 0.00733. The monoisotopic (exact) mass is 506 g/mol. The number of pyridine rings is 1. The number of methoxy groups -OCH3 is 1. The fourth-order valence-electron chi connectivity index (χ4n) is 4.70. The second-order valence-electron chi connectivity index (χ2n) is 10.4. The summed E-state index contributed by atoms with van der Waals surface area (Å²) in [6, 6.07) is 3.53. The normalized spacial score (nSPS) is 16.7. The second kappa shape index (κ2) is 11.6. The fraction of sp³-hybridized carbons (Fsp3) is 0.654. The molecule has 9 heteroatoms. The van der Waals surface area contributed by atoms with E-state index in [0.29, 0.717) is 42.6 Å². The molecule has 1 atom stereocenters. The van der Waals surface area contributed by atoms with Crippen LogP contribution < -0.4 is 0 Å². The van der Waals surface area contributed by atoms with E-state index < -0.39 is 5.60 Å². The van der Waals surface area contributed by atoms with Crippen LogP contribution in [0.3, 0.4) is 0 Å². The molecule has 0 aliphatic carbocycles. The maximum absolute atomic E-state index is 14.1. The number of carbonyl (C=O) groups is 2. The van der Waals surface area contributed by atoms with E-state index in [-0.39, 0.29) is 24.1 Å². The number of halogens is 1. The van der Waals surface area contributed by atoms with Crippen LogP contribution in [0.2, 0.25) is 5.02 Å². The molecule has 1 fully saturated rings. The van der Waals surface area contributed by atoms with Gasteiger partial charge in [-0.2, -0.15) is 0 Å². The molecular weight excluding hydrogens is 468 g/mol. The molecule has 1 saturated heterocycles. The van der Waals surface area contributed by atoms with E-state index in [0.717, 1.165) is 31.1 Å². The Bertz CT molecular complexity index is 1030. The van der Waals surface area contributed by atoms with E-state index in [2.05, 4.69) is 4.98 Å². The van der Waals surface area contributed by atoms with Crippen molar-refractivity contribution in [1.82, 2.24) is 19.4 Å². The Labute approximate surface area is 213 Å².